The van der Waals surface area contributed by atoms with Gasteiger partial charge in [-0.15, -0.1) is 0 Å². The molecule has 176 valence electrons. The van der Waals surface area contributed by atoms with Crippen LogP contribution in [-0.2, 0) is 0 Å². The lowest BCUT2D eigenvalue weighted by Gasteiger charge is -2.36. The van der Waals surface area contributed by atoms with E-state index in [1.165, 1.54) is 0 Å². The zero-order valence-corrected chi connectivity index (χ0v) is 18.4. The summed E-state index contributed by atoms with van der Waals surface area (Å²) in [7, 11) is 0. The number of halogens is 3. The third-order valence-electron chi connectivity index (χ3n) is 6.87. The average Bonchev–Trinajstić information content (AvgIpc) is 3.38. The van der Waals surface area contributed by atoms with Crippen molar-refractivity contribution in [1.82, 2.24) is 29.9 Å². The van der Waals surface area contributed by atoms with Crippen molar-refractivity contribution >= 4 is 28.2 Å². The first-order valence-corrected chi connectivity index (χ1v) is 11.4. The summed E-state index contributed by atoms with van der Waals surface area (Å²) in [5.74, 6) is -2.20. The molecule has 7 nitrogen and oxygen atoms in total. The van der Waals surface area contributed by atoms with Gasteiger partial charge in [0.1, 0.15) is 11.3 Å². The minimum Gasteiger partial charge on any atom is -0.382 e. The SMILES string of the molecule is C=C(NC1CC(F)(F)C1)c1cnn2ccc(-c3c[nH]c4nc(NCC5(F)CCC5)ncc34)cc12. The van der Waals surface area contributed by atoms with Crippen molar-refractivity contribution in [2.45, 2.75) is 49.7 Å². The van der Waals surface area contributed by atoms with E-state index in [4.69, 9.17) is 0 Å². The quantitative estimate of drug-likeness (QED) is 0.359. The summed E-state index contributed by atoms with van der Waals surface area (Å²) in [6, 6.07) is 3.62. The van der Waals surface area contributed by atoms with Crippen LogP contribution in [0.5, 0.6) is 0 Å². The zero-order chi connectivity index (χ0) is 23.5. The summed E-state index contributed by atoms with van der Waals surface area (Å²) in [5, 5.41) is 11.3. The molecule has 0 saturated heterocycles. The van der Waals surface area contributed by atoms with Crippen molar-refractivity contribution in [3.63, 3.8) is 0 Å². The molecule has 3 N–H and O–H groups in total. The molecule has 0 aliphatic heterocycles. The standard InChI is InChI=1S/C24H24F3N7/c1-14(32-16-8-24(26,27)9-16)17-12-31-34-6-3-15(7-20(17)34)18-10-28-21-19(18)11-29-22(33-21)30-13-23(25)4-2-5-23/h3,6-7,10-12,16,32H,1-2,4-5,8-9,13H2,(H2,28,29,30,33). The van der Waals surface area contributed by atoms with Crippen LogP contribution in [0.25, 0.3) is 33.4 Å². The fourth-order valence-corrected chi connectivity index (χ4v) is 4.67. The number of aromatic nitrogens is 5. The molecule has 2 aliphatic carbocycles. The Hall–Kier alpha value is -3.56. The molecule has 0 aromatic carbocycles. The molecule has 0 atom stereocenters. The van der Waals surface area contributed by atoms with E-state index in [1.807, 2.05) is 24.5 Å². The van der Waals surface area contributed by atoms with Crippen molar-refractivity contribution in [2.24, 2.45) is 0 Å². The van der Waals surface area contributed by atoms with Crippen LogP contribution in [0.2, 0.25) is 0 Å². The molecule has 6 rings (SSSR count). The molecule has 0 bridgehead atoms. The predicted molar refractivity (Wildman–Crippen MR) is 124 cm³/mol. The van der Waals surface area contributed by atoms with Crippen LogP contribution in [0, 0.1) is 0 Å². The van der Waals surface area contributed by atoms with Crippen molar-refractivity contribution in [2.75, 3.05) is 11.9 Å². The second kappa shape index (κ2) is 7.48. The molecule has 0 spiro atoms. The van der Waals surface area contributed by atoms with E-state index in [2.05, 4.69) is 37.3 Å². The normalized spacial score (nSPS) is 19.0. The summed E-state index contributed by atoms with van der Waals surface area (Å²) >= 11 is 0. The monoisotopic (exact) mass is 467 g/mol. The van der Waals surface area contributed by atoms with Gasteiger partial charge in [-0.2, -0.15) is 10.1 Å². The highest BCUT2D eigenvalue weighted by Gasteiger charge is 2.45. The van der Waals surface area contributed by atoms with Crippen LogP contribution in [0.4, 0.5) is 19.1 Å². The van der Waals surface area contributed by atoms with Gasteiger partial charge in [0.2, 0.25) is 5.95 Å². The third kappa shape index (κ3) is 3.66. The van der Waals surface area contributed by atoms with Crippen LogP contribution < -0.4 is 10.6 Å². The summed E-state index contributed by atoms with van der Waals surface area (Å²) in [4.78, 5) is 12.0. The lowest BCUT2D eigenvalue weighted by Crippen LogP contribution is -2.47. The van der Waals surface area contributed by atoms with Crippen LogP contribution in [0.3, 0.4) is 0 Å². The summed E-state index contributed by atoms with van der Waals surface area (Å²) in [5.41, 5.74) is 3.47. The van der Waals surface area contributed by atoms with Gasteiger partial charge in [-0.25, -0.2) is 22.7 Å². The molecule has 34 heavy (non-hydrogen) atoms. The van der Waals surface area contributed by atoms with E-state index in [0.717, 1.165) is 34.0 Å². The Bertz CT molecular complexity index is 1390. The number of alkyl halides is 3. The van der Waals surface area contributed by atoms with Gasteiger partial charge in [0.25, 0.3) is 5.92 Å². The molecule has 0 unspecified atom stereocenters. The minimum absolute atomic E-state index is 0.186. The molecule has 0 amide bonds. The van der Waals surface area contributed by atoms with Gasteiger partial charge in [0, 0.05) is 59.7 Å². The molecule has 10 heteroatoms. The number of hydrogen-bond acceptors (Lipinski definition) is 5. The van der Waals surface area contributed by atoms with Crippen LogP contribution in [0.15, 0.2) is 43.5 Å². The Balaban J connectivity index is 1.25. The summed E-state index contributed by atoms with van der Waals surface area (Å²) < 4.78 is 42.4. The second-order valence-corrected chi connectivity index (χ2v) is 9.40. The zero-order valence-electron chi connectivity index (χ0n) is 18.4. The molecule has 0 radical (unpaired) electrons. The number of aromatic amines is 1. The molecular formula is C24H24F3N7. The Morgan fingerprint density at radius 1 is 1.24 bits per heavy atom. The highest BCUT2D eigenvalue weighted by molar-refractivity contribution is 5.94. The highest BCUT2D eigenvalue weighted by atomic mass is 19.3. The Morgan fingerprint density at radius 3 is 2.79 bits per heavy atom. The molecule has 2 fully saturated rings. The second-order valence-electron chi connectivity index (χ2n) is 9.40. The molecule has 2 saturated carbocycles. The van der Waals surface area contributed by atoms with Crippen molar-refractivity contribution in [3.8, 4) is 11.1 Å². The predicted octanol–water partition coefficient (Wildman–Crippen LogP) is 4.93. The Kier molecular flexibility index (Phi) is 4.62. The van der Waals surface area contributed by atoms with Crippen molar-refractivity contribution in [3.05, 3.63) is 49.1 Å². The van der Waals surface area contributed by atoms with Crippen LogP contribution in [0.1, 0.15) is 37.7 Å². The van der Waals surface area contributed by atoms with Gasteiger partial charge in [0.05, 0.1) is 18.3 Å². The lowest BCUT2D eigenvalue weighted by molar-refractivity contribution is -0.0891. The summed E-state index contributed by atoms with van der Waals surface area (Å²) in [6.07, 6.45) is 8.80. The third-order valence-corrected chi connectivity index (χ3v) is 6.87. The fourth-order valence-electron chi connectivity index (χ4n) is 4.67. The van der Waals surface area contributed by atoms with Crippen molar-refractivity contribution in [1.29, 1.82) is 0 Å². The van der Waals surface area contributed by atoms with Crippen LogP contribution >= 0.6 is 0 Å². The molecule has 4 heterocycles. The maximum atomic E-state index is 14.3. The largest absolute Gasteiger partial charge is 0.382 e. The number of anilines is 1. The van der Waals surface area contributed by atoms with E-state index in [9.17, 15) is 13.2 Å². The number of nitrogens with zero attached hydrogens (tertiary/aromatic N) is 4. The number of nitrogens with one attached hydrogen (secondary N) is 3. The maximum Gasteiger partial charge on any atom is 0.252 e. The Labute approximate surface area is 193 Å². The van der Waals surface area contributed by atoms with Gasteiger partial charge in [-0.1, -0.05) is 6.58 Å². The number of hydrogen-bond donors (Lipinski definition) is 3. The molecule has 4 aromatic heterocycles. The lowest BCUT2D eigenvalue weighted by atomic mass is 9.82. The van der Waals surface area contributed by atoms with Gasteiger partial charge < -0.3 is 15.6 Å². The number of H-pyrrole nitrogens is 1. The van der Waals surface area contributed by atoms with Gasteiger partial charge in [-0.3, -0.25) is 0 Å². The maximum absolute atomic E-state index is 14.3. The minimum atomic E-state index is -2.59. The smallest absolute Gasteiger partial charge is 0.252 e. The van der Waals surface area contributed by atoms with E-state index in [-0.39, 0.29) is 25.4 Å². The Morgan fingerprint density at radius 2 is 2.06 bits per heavy atom. The molecule has 4 aromatic rings. The highest BCUT2D eigenvalue weighted by Crippen LogP contribution is 2.39. The molecule has 2 aliphatic rings. The average molecular weight is 467 g/mol. The number of fused-ring (bicyclic) bond motifs is 2. The first-order chi connectivity index (χ1) is 16.3. The number of rotatable bonds is 7. The van der Waals surface area contributed by atoms with Crippen LogP contribution in [-0.4, -0.2) is 48.7 Å². The van der Waals surface area contributed by atoms with Crippen molar-refractivity contribution < 1.29 is 13.2 Å². The van der Waals surface area contributed by atoms with Gasteiger partial charge >= 0.3 is 0 Å². The number of pyridine rings is 1. The topological polar surface area (TPSA) is 82.9 Å². The van der Waals surface area contributed by atoms with E-state index >= 15 is 0 Å². The van der Waals surface area contributed by atoms with E-state index in [0.29, 0.717) is 30.1 Å². The molecular weight excluding hydrogens is 443 g/mol. The first kappa shape index (κ1) is 21.0. The van der Waals surface area contributed by atoms with E-state index in [1.54, 1.807) is 16.9 Å². The first-order valence-electron chi connectivity index (χ1n) is 11.4. The van der Waals surface area contributed by atoms with E-state index < -0.39 is 11.6 Å². The fraction of sp³-hybridized carbons (Fsp3) is 0.375. The van der Waals surface area contributed by atoms with Gasteiger partial charge in [0.15, 0.2) is 0 Å². The van der Waals surface area contributed by atoms with Gasteiger partial charge in [-0.05, 0) is 37.0 Å². The summed E-state index contributed by atoms with van der Waals surface area (Å²) in [6.45, 7) is 4.26.